The van der Waals surface area contributed by atoms with Crippen LogP contribution in [0.3, 0.4) is 0 Å². The van der Waals surface area contributed by atoms with E-state index < -0.39 is 0 Å². The van der Waals surface area contributed by atoms with Gasteiger partial charge in [-0.2, -0.15) is 0 Å². The van der Waals surface area contributed by atoms with E-state index in [0.717, 1.165) is 23.3 Å². The van der Waals surface area contributed by atoms with Crippen LogP contribution in [0.5, 0.6) is 0 Å². The topological polar surface area (TPSA) is 43.8 Å². The van der Waals surface area contributed by atoms with Crippen LogP contribution in [0.4, 0.5) is 4.39 Å². The van der Waals surface area contributed by atoms with Gasteiger partial charge in [0, 0.05) is 19.0 Å². The van der Waals surface area contributed by atoms with E-state index in [1.54, 1.807) is 6.07 Å². The molecule has 1 aliphatic rings. The Labute approximate surface area is 112 Å². The normalized spacial score (nSPS) is 23.9. The molecule has 102 valence electrons. The van der Waals surface area contributed by atoms with Crippen molar-refractivity contribution in [2.75, 3.05) is 6.54 Å². The SMILES string of the molecule is Cn1c(C2CCCCC2CN)nc2cc(F)ccc21. The van der Waals surface area contributed by atoms with Crippen LogP contribution in [-0.2, 0) is 7.05 Å². The maximum absolute atomic E-state index is 13.3. The monoisotopic (exact) mass is 261 g/mol. The van der Waals surface area contributed by atoms with E-state index in [2.05, 4.69) is 9.55 Å². The first-order chi connectivity index (χ1) is 9.20. The minimum Gasteiger partial charge on any atom is -0.331 e. The zero-order valence-electron chi connectivity index (χ0n) is 11.3. The summed E-state index contributed by atoms with van der Waals surface area (Å²) in [6.07, 6.45) is 4.82. The number of benzene rings is 1. The third-order valence-electron chi connectivity index (χ3n) is 4.42. The second-order valence-electron chi connectivity index (χ2n) is 5.55. The Bertz CT molecular complexity index is 590. The van der Waals surface area contributed by atoms with Gasteiger partial charge in [-0.25, -0.2) is 9.37 Å². The maximum Gasteiger partial charge on any atom is 0.125 e. The lowest BCUT2D eigenvalue weighted by atomic mass is 9.79. The zero-order valence-corrected chi connectivity index (χ0v) is 11.3. The molecular formula is C15H20FN3. The second kappa shape index (κ2) is 4.93. The van der Waals surface area contributed by atoms with Crippen molar-refractivity contribution in [1.82, 2.24) is 9.55 Å². The summed E-state index contributed by atoms with van der Waals surface area (Å²) in [6.45, 7) is 0.711. The van der Waals surface area contributed by atoms with Crippen molar-refractivity contribution >= 4 is 11.0 Å². The number of aromatic nitrogens is 2. The van der Waals surface area contributed by atoms with E-state index in [1.165, 1.54) is 31.4 Å². The van der Waals surface area contributed by atoms with Gasteiger partial charge < -0.3 is 10.3 Å². The lowest BCUT2D eigenvalue weighted by molar-refractivity contribution is 0.301. The molecule has 1 fully saturated rings. The summed E-state index contributed by atoms with van der Waals surface area (Å²) in [5, 5.41) is 0. The molecule has 1 aromatic carbocycles. The molecule has 0 radical (unpaired) electrons. The molecule has 0 saturated heterocycles. The van der Waals surface area contributed by atoms with E-state index in [0.29, 0.717) is 18.4 Å². The average molecular weight is 261 g/mol. The van der Waals surface area contributed by atoms with Crippen LogP contribution in [0.15, 0.2) is 18.2 Å². The molecule has 3 rings (SSSR count). The molecule has 19 heavy (non-hydrogen) atoms. The molecule has 4 heteroatoms. The highest BCUT2D eigenvalue weighted by molar-refractivity contribution is 5.76. The summed E-state index contributed by atoms with van der Waals surface area (Å²) in [6, 6.07) is 4.82. The fourth-order valence-corrected chi connectivity index (χ4v) is 3.35. The Balaban J connectivity index is 2.06. The minimum atomic E-state index is -0.226. The standard InChI is InChI=1S/C15H20FN3/c1-19-14-7-6-11(16)8-13(14)18-15(19)12-5-3-2-4-10(12)9-17/h6-8,10,12H,2-5,9,17H2,1H3. The first-order valence-corrected chi connectivity index (χ1v) is 7.02. The van der Waals surface area contributed by atoms with Crippen LogP contribution in [-0.4, -0.2) is 16.1 Å². The quantitative estimate of drug-likeness (QED) is 0.903. The Kier molecular flexibility index (Phi) is 3.27. The van der Waals surface area contributed by atoms with Gasteiger partial charge in [-0.3, -0.25) is 0 Å². The first kappa shape index (κ1) is 12.6. The summed E-state index contributed by atoms with van der Waals surface area (Å²) < 4.78 is 15.4. The van der Waals surface area contributed by atoms with E-state index in [1.807, 2.05) is 7.05 Å². The number of fused-ring (bicyclic) bond motifs is 1. The molecular weight excluding hydrogens is 241 g/mol. The van der Waals surface area contributed by atoms with Crippen molar-refractivity contribution in [3.8, 4) is 0 Å². The Morgan fingerprint density at radius 2 is 2.16 bits per heavy atom. The fourth-order valence-electron chi connectivity index (χ4n) is 3.35. The summed E-state index contributed by atoms with van der Waals surface area (Å²) in [4.78, 5) is 4.66. The maximum atomic E-state index is 13.3. The van der Waals surface area contributed by atoms with E-state index in [-0.39, 0.29) is 5.82 Å². The molecule has 1 aliphatic carbocycles. The molecule has 2 unspecified atom stereocenters. The van der Waals surface area contributed by atoms with Gasteiger partial charge in [-0.1, -0.05) is 12.8 Å². The minimum absolute atomic E-state index is 0.226. The van der Waals surface area contributed by atoms with Gasteiger partial charge in [0.2, 0.25) is 0 Å². The van der Waals surface area contributed by atoms with Crippen molar-refractivity contribution in [1.29, 1.82) is 0 Å². The molecule has 0 amide bonds. The van der Waals surface area contributed by atoms with Crippen molar-refractivity contribution in [2.45, 2.75) is 31.6 Å². The summed E-state index contributed by atoms with van der Waals surface area (Å²) in [5.41, 5.74) is 7.65. The molecule has 0 bridgehead atoms. The van der Waals surface area contributed by atoms with Gasteiger partial charge in [-0.15, -0.1) is 0 Å². The number of halogens is 1. The second-order valence-corrected chi connectivity index (χ2v) is 5.55. The average Bonchev–Trinajstić information content (AvgIpc) is 2.75. The lowest BCUT2D eigenvalue weighted by Gasteiger charge is -2.30. The smallest absolute Gasteiger partial charge is 0.125 e. The third kappa shape index (κ3) is 2.14. The van der Waals surface area contributed by atoms with E-state index >= 15 is 0 Å². The predicted octanol–water partition coefficient (Wildman–Crippen LogP) is 2.94. The number of rotatable bonds is 2. The summed E-state index contributed by atoms with van der Waals surface area (Å²) in [7, 11) is 2.02. The van der Waals surface area contributed by atoms with Crippen LogP contribution < -0.4 is 5.73 Å². The molecule has 2 aromatic rings. The molecule has 0 aliphatic heterocycles. The Morgan fingerprint density at radius 1 is 1.37 bits per heavy atom. The zero-order chi connectivity index (χ0) is 13.4. The molecule has 1 saturated carbocycles. The van der Waals surface area contributed by atoms with Crippen molar-refractivity contribution in [2.24, 2.45) is 18.7 Å². The first-order valence-electron chi connectivity index (χ1n) is 7.02. The van der Waals surface area contributed by atoms with Crippen LogP contribution in [0.2, 0.25) is 0 Å². The van der Waals surface area contributed by atoms with Gasteiger partial charge >= 0.3 is 0 Å². The fraction of sp³-hybridized carbons (Fsp3) is 0.533. The Morgan fingerprint density at radius 3 is 2.95 bits per heavy atom. The summed E-state index contributed by atoms with van der Waals surface area (Å²) >= 11 is 0. The van der Waals surface area contributed by atoms with Gasteiger partial charge in [0.05, 0.1) is 11.0 Å². The Hall–Kier alpha value is -1.42. The predicted molar refractivity (Wildman–Crippen MR) is 74.4 cm³/mol. The highest BCUT2D eigenvalue weighted by Crippen LogP contribution is 2.37. The molecule has 2 atom stereocenters. The molecule has 2 N–H and O–H groups in total. The van der Waals surface area contributed by atoms with Crippen LogP contribution in [0, 0.1) is 11.7 Å². The van der Waals surface area contributed by atoms with E-state index in [9.17, 15) is 4.39 Å². The lowest BCUT2D eigenvalue weighted by Crippen LogP contribution is -2.27. The van der Waals surface area contributed by atoms with Crippen molar-refractivity contribution < 1.29 is 4.39 Å². The third-order valence-corrected chi connectivity index (χ3v) is 4.42. The van der Waals surface area contributed by atoms with Crippen molar-refractivity contribution in [3.63, 3.8) is 0 Å². The van der Waals surface area contributed by atoms with Gasteiger partial charge in [0.25, 0.3) is 0 Å². The molecule has 1 aromatic heterocycles. The number of imidazole rings is 1. The van der Waals surface area contributed by atoms with Gasteiger partial charge in [0.15, 0.2) is 0 Å². The summed E-state index contributed by atoms with van der Waals surface area (Å²) in [5.74, 6) is 1.76. The van der Waals surface area contributed by atoms with Crippen LogP contribution in [0.1, 0.15) is 37.4 Å². The van der Waals surface area contributed by atoms with Crippen LogP contribution >= 0.6 is 0 Å². The number of nitrogens with two attached hydrogens (primary N) is 1. The molecule has 1 heterocycles. The number of nitrogens with zero attached hydrogens (tertiary/aromatic N) is 2. The largest absolute Gasteiger partial charge is 0.331 e. The van der Waals surface area contributed by atoms with Crippen molar-refractivity contribution in [3.05, 3.63) is 29.8 Å². The number of hydrogen-bond donors (Lipinski definition) is 1. The molecule has 3 nitrogen and oxygen atoms in total. The highest BCUT2D eigenvalue weighted by atomic mass is 19.1. The highest BCUT2D eigenvalue weighted by Gasteiger charge is 2.29. The number of hydrogen-bond acceptors (Lipinski definition) is 2. The number of aryl methyl sites for hydroxylation is 1. The van der Waals surface area contributed by atoms with Gasteiger partial charge in [0.1, 0.15) is 11.6 Å². The molecule has 0 spiro atoms. The van der Waals surface area contributed by atoms with Gasteiger partial charge in [-0.05, 0) is 37.4 Å². The van der Waals surface area contributed by atoms with Crippen LogP contribution in [0.25, 0.3) is 11.0 Å². The van der Waals surface area contributed by atoms with E-state index in [4.69, 9.17) is 5.73 Å².